The summed E-state index contributed by atoms with van der Waals surface area (Å²) in [7, 11) is 0. The molecule has 0 saturated carbocycles. The Morgan fingerprint density at radius 2 is 1.58 bits per heavy atom. The van der Waals surface area contributed by atoms with Crippen LogP contribution < -0.4 is 0 Å². The van der Waals surface area contributed by atoms with Crippen molar-refractivity contribution in [2.24, 2.45) is 0 Å². The van der Waals surface area contributed by atoms with Gasteiger partial charge in [-0.05, 0) is 39.0 Å². The Morgan fingerprint density at radius 1 is 1.05 bits per heavy atom. The van der Waals surface area contributed by atoms with Gasteiger partial charge < -0.3 is 9.64 Å². The van der Waals surface area contributed by atoms with E-state index in [1.807, 2.05) is 32.6 Å². The highest BCUT2D eigenvalue weighted by molar-refractivity contribution is 8.14. The van der Waals surface area contributed by atoms with Crippen LogP contribution in [-0.4, -0.2) is 45.6 Å². The van der Waals surface area contributed by atoms with E-state index in [4.69, 9.17) is 4.74 Å². The van der Waals surface area contributed by atoms with E-state index in [-0.39, 0.29) is 21.0 Å². The monoisotopic (exact) mass is 307 g/mol. The molecule has 0 heterocycles. The van der Waals surface area contributed by atoms with Gasteiger partial charge in [-0.2, -0.15) is 0 Å². The van der Waals surface area contributed by atoms with Crippen LogP contribution in [0, 0.1) is 0 Å². The molecular weight excluding hydrogens is 282 g/mol. The van der Waals surface area contributed by atoms with Crippen LogP contribution in [0.15, 0.2) is 0 Å². The van der Waals surface area contributed by atoms with Gasteiger partial charge in [-0.1, -0.05) is 25.6 Å². The van der Waals surface area contributed by atoms with Gasteiger partial charge in [0.25, 0.3) is 5.24 Å². The minimum Gasteiger partial charge on any atom is -0.458 e. The molecule has 0 fully saturated rings. The van der Waals surface area contributed by atoms with Crippen LogP contribution in [0.2, 0.25) is 0 Å². The second-order valence-electron chi connectivity index (χ2n) is 4.21. The molecule has 6 heteroatoms. The van der Waals surface area contributed by atoms with Gasteiger partial charge in [-0.25, -0.2) is 4.79 Å². The molecule has 0 aromatic rings. The number of carbonyl (C=O) groups is 2. The van der Waals surface area contributed by atoms with Crippen molar-refractivity contribution < 1.29 is 14.3 Å². The third-order valence-corrected chi connectivity index (χ3v) is 4.51. The molecule has 0 aromatic heterocycles. The Kier molecular flexibility index (Phi) is 10.2. The van der Waals surface area contributed by atoms with Crippen LogP contribution in [0.25, 0.3) is 0 Å². The molecule has 0 bridgehead atoms. The molecule has 4 nitrogen and oxygen atoms in total. The highest BCUT2D eigenvalue weighted by Gasteiger charge is 2.19. The third kappa shape index (κ3) is 8.42. The second kappa shape index (κ2) is 10.4. The van der Waals surface area contributed by atoms with Gasteiger partial charge in [0, 0.05) is 23.6 Å². The fourth-order valence-corrected chi connectivity index (χ4v) is 3.77. The van der Waals surface area contributed by atoms with Gasteiger partial charge in [0.2, 0.25) is 0 Å². The zero-order valence-corrected chi connectivity index (χ0v) is 14.1. The molecule has 0 aliphatic carbocycles. The van der Waals surface area contributed by atoms with Gasteiger partial charge in [-0.15, -0.1) is 0 Å². The first-order valence-corrected chi connectivity index (χ1v) is 8.49. The molecular formula is C13H25NO3S2. The summed E-state index contributed by atoms with van der Waals surface area (Å²) in [5.74, 6) is 0. The molecule has 0 aliphatic rings. The van der Waals surface area contributed by atoms with Crippen LogP contribution in [0.3, 0.4) is 0 Å². The number of hydrogen-bond donors (Lipinski definition) is 0. The van der Waals surface area contributed by atoms with Crippen molar-refractivity contribution in [3.63, 3.8) is 0 Å². The highest BCUT2D eigenvalue weighted by Crippen LogP contribution is 2.25. The SMILES string of the molecule is CCOC(=O)SC(C)CC(C)SC(=O)N(CC)CC. The van der Waals surface area contributed by atoms with Gasteiger partial charge in [-0.3, -0.25) is 4.79 Å². The predicted molar refractivity (Wildman–Crippen MR) is 84.1 cm³/mol. The number of carbonyl (C=O) groups excluding carboxylic acids is 2. The number of hydrogen-bond acceptors (Lipinski definition) is 5. The molecule has 2 atom stereocenters. The standard InChI is InChI=1S/C13H25NO3S2/c1-6-14(7-2)12(15)18-10(4)9-11(5)19-13(16)17-8-3/h10-11H,6-9H2,1-5H3. The van der Waals surface area contributed by atoms with E-state index in [0.29, 0.717) is 6.61 Å². The van der Waals surface area contributed by atoms with Crippen LogP contribution >= 0.6 is 23.5 Å². The first kappa shape index (κ1) is 18.6. The van der Waals surface area contributed by atoms with E-state index in [9.17, 15) is 9.59 Å². The first-order valence-electron chi connectivity index (χ1n) is 6.73. The highest BCUT2D eigenvalue weighted by atomic mass is 32.2. The quantitative estimate of drug-likeness (QED) is 0.658. The maximum absolute atomic E-state index is 11.9. The minimum absolute atomic E-state index is 0.117. The van der Waals surface area contributed by atoms with E-state index in [1.54, 1.807) is 6.92 Å². The summed E-state index contributed by atoms with van der Waals surface area (Å²) in [5, 5.41) is 0.240. The Morgan fingerprint density at radius 3 is 2.05 bits per heavy atom. The lowest BCUT2D eigenvalue weighted by atomic mass is 10.3. The van der Waals surface area contributed by atoms with E-state index in [2.05, 4.69) is 0 Å². The summed E-state index contributed by atoms with van der Waals surface area (Å²) in [4.78, 5) is 25.0. The average molecular weight is 307 g/mol. The van der Waals surface area contributed by atoms with Gasteiger partial charge in [0.1, 0.15) is 0 Å². The predicted octanol–water partition coefficient (Wildman–Crippen LogP) is 4.24. The van der Waals surface area contributed by atoms with Crippen molar-refractivity contribution in [3.05, 3.63) is 0 Å². The maximum atomic E-state index is 11.9. The Balaban J connectivity index is 4.05. The van der Waals surface area contributed by atoms with Crippen molar-refractivity contribution in [1.29, 1.82) is 0 Å². The second-order valence-corrected chi connectivity index (χ2v) is 6.98. The first-order chi connectivity index (χ1) is 8.94. The molecule has 0 spiro atoms. The third-order valence-electron chi connectivity index (χ3n) is 2.55. The lowest BCUT2D eigenvalue weighted by Crippen LogP contribution is -2.28. The average Bonchev–Trinajstić information content (AvgIpc) is 2.29. The Labute approximate surface area is 125 Å². The van der Waals surface area contributed by atoms with Crippen LogP contribution in [0.5, 0.6) is 0 Å². The number of amides is 1. The summed E-state index contributed by atoms with van der Waals surface area (Å²) >= 11 is 2.55. The normalized spacial score (nSPS) is 13.7. The summed E-state index contributed by atoms with van der Waals surface area (Å²) in [6, 6.07) is 0. The molecule has 0 saturated heterocycles. The van der Waals surface area contributed by atoms with Gasteiger partial charge in [0.05, 0.1) is 6.61 Å². The molecule has 0 N–H and O–H groups in total. The van der Waals surface area contributed by atoms with Crippen molar-refractivity contribution in [2.45, 2.75) is 51.5 Å². The van der Waals surface area contributed by atoms with Crippen molar-refractivity contribution in [1.82, 2.24) is 4.90 Å². The zero-order valence-electron chi connectivity index (χ0n) is 12.5. The Hall–Kier alpha value is -0.360. The number of ether oxygens (including phenoxy) is 1. The van der Waals surface area contributed by atoms with Crippen LogP contribution in [0.4, 0.5) is 9.59 Å². The molecule has 19 heavy (non-hydrogen) atoms. The fraction of sp³-hybridized carbons (Fsp3) is 0.846. The topological polar surface area (TPSA) is 46.6 Å². The summed E-state index contributed by atoms with van der Waals surface area (Å²) < 4.78 is 4.89. The van der Waals surface area contributed by atoms with Crippen molar-refractivity contribution in [3.8, 4) is 0 Å². The Bertz CT molecular complexity index is 283. The maximum Gasteiger partial charge on any atom is 0.367 e. The van der Waals surface area contributed by atoms with Crippen molar-refractivity contribution >= 4 is 34.1 Å². The lowest BCUT2D eigenvalue weighted by Gasteiger charge is -2.21. The van der Waals surface area contributed by atoms with Gasteiger partial charge in [0.15, 0.2) is 0 Å². The van der Waals surface area contributed by atoms with E-state index >= 15 is 0 Å². The zero-order chi connectivity index (χ0) is 14.8. The lowest BCUT2D eigenvalue weighted by molar-refractivity contribution is 0.181. The summed E-state index contributed by atoms with van der Waals surface area (Å²) in [6.07, 6.45) is 0.807. The van der Waals surface area contributed by atoms with Crippen LogP contribution in [0.1, 0.15) is 41.0 Å². The number of thioether (sulfide) groups is 2. The summed E-state index contributed by atoms with van der Waals surface area (Å²) in [5.41, 5.74) is 0. The van der Waals surface area contributed by atoms with E-state index in [0.717, 1.165) is 19.5 Å². The molecule has 112 valence electrons. The molecule has 0 radical (unpaired) electrons. The van der Waals surface area contributed by atoms with Gasteiger partial charge >= 0.3 is 5.30 Å². The molecule has 0 aromatic carbocycles. The fourth-order valence-electron chi connectivity index (χ4n) is 1.61. The number of nitrogens with zero attached hydrogens (tertiary/aromatic N) is 1. The molecule has 2 unspecified atom stereocenters. The molecule has 1 amide bonds. The minimum atomic E-state index is -0.234. The molecule has 0 aliphatic heterocycles. The van der Waals surface area contributed by atoms with Crippen molar-refractivity contribution in [2.75, 3.05) is 19.7 Å². The molecule has 0 rings (SSSR count). The van der Waals surface area contributed by atoms with E-state index in [1.165, 1.54) is 23.5 Å². The largest absolute Gasteiger partial charge is 0.458 e. The summed E-state index contributed by atoms with van der Waals surface area (Å²) in [6.45, 7) is 11.6. The number of rotatable bonds is 7. The smallest absolute Gasteiger partial charge is 0.367 e. The van der Waals surface area contributed by atoms with E-state index < -0.39 is 0 Å². The van der Waals surface area contributed by atoms with Crippen LogP contribution in [-0.2, 0) is 4.74 Å².